The van der Waals surface area contributed by atoms with Gasteiger partial charge in [0.2, 0.25) is 10.0 Å². The second-order valence-electron chi connectivity index (χ2n) is 7.32. The molecule has 0 aliphatic carbocycles. The average Bonchev–Trinajstić information content (AvgIpc) is 3.42. The molecule has 0 radical (unpaired) electrons. The Morgan fingerprint density at radius 2 is 1.88 bits per heavy atom. The lowest BCUT2D eigenvalue weighted by molar-refractivity contribution is 0.445. The second-order valence-corrected chi connectivity index (χ2v) is 10.2. The van der Waals surface area contributed by atoms with Crippen LogP contribution in [0.1, 0.15) is 25.2 Å². The number of sulfonamides is 1. The monoisotopic (exact) mass is 491 g/mol. The van der Waals surface area contributed by atoms with E-state index >= 15 is 0 Å². The van der Waals surface area contributed by atoms with Crippen molar-refractivity contribution in [3.05, 3.63) is 77.8 Å². The van der Waals surface area contributed by atoms with Gasteiger partial charge in [-0.2, -0.15) is 4.31 Å². The first-order valence-corrected chi connectivity index (χ1v) is 12.9. The zero-order valence-corrected chi connectivity index (χ0v) is 19.8. The van der Waals surface area contributed by atoms with Crippen molar-refractivity contribution in [2.24, 2.45) is 0 Å². The molecule has 0 saturated heterocycles. The zero-order chi connectivity index (χ0) is 23.6. The minimum atomic E-state index is -3.64. The van der Waals surface area contributed by atoms with Crippen LogP contribution in [0.5, 0.6) is 0 Å². The van der Waals surface area contributed by atoms with Crippen molar-refractivity contribution >= 4 is 32.8 Å². The molecular formula is C23H23F2N3O3S2. The number of benzene rings is 2. The highest BCUT2D eigenvalue weighted by atomic mass is 32.2. The number of hydrogen-bond acceptors (Lipinski definition) is 5. The van der Waals surface area contributed by atoms with Gasteiger partial charge in [0.15, 0.2) is 5.16 Å². The SMILES string of the molecule is CCN(CC)S(=O)(=O)c1ccc2c(c1)nc(SCc1ccc(F)cc1F)n2Cc1ccco1. The van der Waals surface area contributed by atoms with E-state index in [-0.39, 0.29) is 10.6 Å². The van der Waals surface area contributed by atoms with Crippen LogP contribution in [0, 0.1) is 11.6 Å². The van der Waals surface area contributed by atoms with Gasteiger partial charge in [0, 0.05) is 24.9 Å². The maximum atomic E-state index is 14.1. The molecule has 0 aliphatic heterocycles. The van der Waals surface area contributed by atoms with Crippen LogP contribution in [-0.4, -0.2) is 35.4 Å². The number of fused-ring (bicyclic) bond motifs is 1. The normalized spacial score (nSPS) is 12.2. The Labute approximate surface area is 195 Å². The van der Waals surface area contributed by atoms with Gasteiger partial charge in [-0.1, -0.05) is 31.7 Å². The fourth-order valence-corrected chi connectivity index (χ4v) is 6.04. The zero-order valence-electron chi connectivity index (χ0n) is 18.2. The molecule has 0 N–H and O–H groups in total. The quantitative estimate of drug-likeness (QED) is 0.298. The maximum Gasteiger partial charge on any atom is 0.243 e. The molecule has 2 aromatic carbocycles. The van der Waals surface area contributed by atoms with Gasteiger partial charge in [-0.25, -0.2) is 22.2 Å². The summed E-state index contributed by atoms with van der Waals surface area (Å²) >= 11 is 1.28. The molecule has 0 aliphatic rings. The molecule has 4 aromatic rings. The van der Waals surface area contributed by atoms with Gasteiger partial charge >= 0.3 is 0 Å². The highest BCUT2D eigenvalue weighted by molar-refractivity contribution is 7.98. The van der Waals surface area contributed by atoms with Crippen molar-refractivity contribution in [1.82, 2.24) is 13.9 Å². The molecule has 0 unspecified atom stereocenters. The maximum absolute atomic E-state index is 14.1. The average molecular weight is 492 g/mol. The standard InChI is InChI=1S/C23H23F2N3O3S2/c1-3-27(4-2)33(29,30)19-9-10-22-21(13-19)26-23(28(22)14-18-6-5-11-31-18)32-15-16-7-8-17(24)12-20(16)25/h5-13H,3-4,14-15H2,1-2H3. The molecule has 4 rings (SSSR count). The molecule has 0 bridgehead atoms. The van der Waals surface area contributed by atoms with Gasteiger partial charge in [-0.15, -0.1) is 0 Å². The minimum Gasteiger partial charge on any atom is -0.467 e. The summed E-state index contributed by atoms with van der Waals surface area (Å²) in [5.41, 5.74) is 1.59. The first-order chi connectivity index (χ1) is 15.8. The number of thioether (sulfide) groups is 1. The lowest BCUT2D eigenvalue weighted by Gasteiger charge is -2.18. The van der Waals surface area contributed by atoms with Gasteiger partial charge < -0.3 is 8.98 Å². The van der Waals surface area contributed by atoms with Crippen LogP contribution in [0.25, 0.3) is 11.0 Å². The van der Waals surface area contributed by atoms with Crippen LogP contribution in [0.3, 0.4) is 0 Å². The van der Waals surface area contributed by atoms with Crippen LogP contribution >= 0.6 is 11.8 Å². The van der Waals surface area contributed by atoms with Crippen LogP contribution in [0.2, 0.25) is 0 Å². The summed E-state index contributed by atoms with van der Waals surface area (Å²) in [5.74, 6) is -0.320. The first-order valence-electron chi connectivity index (χ1n) is 10.4. The van der Waals surface area contributed by atoms with E-state index < -0.39 is 21.7 Å². The van der Waals surface area contributed by atoms with Crippen molar-refractivity contribution in [1.29, 1.82) is 0 Å². The van der Waals surface area contributed by atoms with E-state index in [2.05, 4.69) is 4.98 Å². The van der Waals surface area contributed by atoms with Crippen LogP contribution in [-0.2, 0) is 22.3 Å². The van der Waals surface area contributed by atoms with E-state index in [4.69, 9.17) is 4.42 Å². The fraction of sp³-hybridized carbons (Fsp3) is 0.261. The number of imidazole rings is 1. The summed E-state index contributed by atoms with van der Waals surface area (Å²) in [6.45, 7) is 4.70. The molecule has 2 heterocycles. The predicted octanol–water partition coefficient (Wildman–Crippen LogP) is 5.28. The minimum absolute atomic E-state index is 0.169. The molecule has 0 amide bonds. The Hall–Kier alpha value is -2.69. The van der Waals surface area contributed by atoms with Crippen LogP contribution in [0.15, 0.2) is 69.3 Å². The van der Waals surface area contributed by atoms with Crippen molar-refractivity contribution in [2.45, 2.75) is 36.2 Å². The Balaban J connectivity index is 1.73. The number of nitrogens with zero attached hydrogens (tertiary/aromatic N) is 3. The summed E-state index contributed by atoms with van der Waals surface area (Å²) in [6.07, 6.45) is 1.57. The highest BCUT2D eigenvalue weighted by Gasteiger charge is 2.23. The van der Waals surface area contributed by atoms with E-state index in [0.29, 0.717) is 41.6 Å². The molecule has 6 nitrogen and oxygen atoms in total. The molecule has 33 heavy (non-hydrogen) atoms. The molecular weight excluding hydrogens is 468 g/mol. The van der Waals surface area contributed by atoms with E-state index in [0.717, 1.165) is 11.6 Å². The number of halogens is 2. The highest BCUT2D eigenvalue weighted by Crippen LogP contribution is 2.30. The molecule has 0 spiro atoms. The summed E-state index contributed by atoms with van der Waals surface area (Å²) in [5, 5.41) is 0.572. The third-order valence-electron chi connectivity index (χ3n) is 5.29. The van der Waals surface area contributed by atoms with Gasteiger partial charge in [0.05, 0.1) is 28.7 Å². The Morgan fingerprint density at radius 1 is 1.09 bits per heavy atom. The molecule has 2 aromatic heterocycles. The molecule has 0 fully saturated rings. The molecule has 0 atom stereocenters. The van der Waals surface area contributed by atoms with E-state index in [1.165, 1.54) is 28.2 Å². The summed E-state index contributed by atoms with van der Waals surface area (Å²) in [4.78, 5) is 4.81. The summed E-state index contributed by atoms with van der Waals surface area (Å²) < 4.78 is 62.1. The summed E-state index contributed by atoms with van der Waals surface area (Å²) in [6, 6.07) is 12.0. The Bertz CT molecular complexity index is 1370. The van der Waals surface area contributed by atoms with Gasteiger partial charge in [0.25, 0.3) is 0 Å². The topological polar surface area (TPSA) is 68.3 Å². The van der Waals surface area contributed by atoms with Gasteiger partial charge in [-0.05, 0) is 42.0 Å². The Morgan fingerprint density at radius 3 is 2.55 bits per heavy atom. The largest absolute Gasteiger partial charge is 0.467 e. The lowest BCUT2D eigenvalue weighted by Crippen LogP contribution is -2.30. The fourth-order valence-electron chi connectivity index (χ4n) is 3.56. The van der Waals surface area contributed by atoms with Crippen molar-refractivity contribution in [3.63, 3.8) is 0 Å². The Kier molecular flexibility index (Phi) is 6.87. The van der Waals surface area contributed by atoms with Gasteiger partial charge in [-0.3, -0.25) is 0 Å². The molecule has 10 heteroatoms. The van der Waals surface area contributed by atoms with Crippen molar-refractivity contribution < 1.29 is 21.6 Å². The lowest BCUT2D eigenvalue weighted by atomic mass is 10.2. The van der Waals surface area contributed by atoms with Crippen molar-refractivity contribution in [2.75, 3.05) is 13.1 Å². The number of hydrogen-bond donors (Lipinski definition) is 0. The van der Waals surface area contributed by atoms with Crippen LogP contribution in [0.4, 0.5) is 8.78 Å². The van der Waals surface area contributed by atoms with Crippen LogP contribution < -0.4 is 0 Å². The number of aromatic nitrogens is 2. The van der Waals surface area contributed by atoms with E-state index in [9.17, 15) is 17.2 Å². The molecule has 0 saturated carbocycles. The smallest absolute Gasteiger partial charge is 0.243 e. The van der Waals surface area contributed by atoms with E-state index in [1.54, 1.807) is 44.4 Å². The molecule has 174 valence electrons. The first kappa shape index (κ1) is 23.5. The predicted molar refractivity (Wildman–Crippen MR) is 124 cm³/mol. The second kappa shape index (κ2) is 9.66. The third-order valence-corrected chi connectivity index (χ3v) is 8.36. The van der Waals surface area contributed by atoms with Crippen molar-refractivity contribution in [3.8, 4) is 0 Å². The number of rotatable bonds is 9. The van der Waals surface area contributed by atoms with E-state index in [1.807, 2.05) is 10.6 Å². The van der Waals surface area contributed by atoms with Gasteiger partial charge in [0.1, 0.15) is 17.4 Å². The number of furan rings is 1. The third kappa shape index (κ3) is 4.83. The summed E-state index contributed by atoms with van der Waals surface area (Å²) in [7, 11) is -3.64.